The zero-order chi connectivity index (χ0) is 26.0. The SMILES string of the molecule is CC(C)[C@H](N)C(=O)N(C)[C@H](C(=O)N1CCC[C@H]1C(=O)N1CCC[C@H]1C(=O)NC(C)(C)C)C(C)C. The number of likely N-dealkylation sites (tertiary alicyclic amines) is 2. The Bertz CT molecular complexity index is 776. The van der Waals surface area contributed by atoms with Crippen LogP contribution >= 0.6 is 0 Å². The molecule has 4 amide bonds. The zero-order valence-corrected chi connectivity index (χ0v) is 22.3. The first-order valence-corrected chi connectivity index (χ1v) is 12.6. The Labute approximate surface area is 204 Å². The van der Waals surface area contributed by atoms with Crippen LogP contribution in [0.25, 0.3) is 0 Å². The molecule has 9 heteroatoms. The molecule has 2 rings (SSSR count). The van der Waals surface area contributed by atoms with Gasteiger partial charge in [-0.05, 0) is 58.3 Å². The number of hydrogen-bond donors (Lipinski definition) is 2. The summed E-state index contributed by atoms with van der Waals surface area (Å²) in [5.41, 5.74) is 5.70. The van der Waals surface area contributed by atoms with Gasteiger partial charge in [0.15, 0.2) is 0 Å². The second-order valence-corrected chi connectivity index (χ2v) is 11.5. The molecular formula is C25H45N5O4. The monoisotopic (exact) mass is 479 g/mol. The van der Waals surface area contributed by atoms with E-state index in [2.05, 4.69) is 5.32 Å². The fraction of sp³-hybridized carbons (Fsp3) is 0.840. The highest BCUT2D eigenvalue weighted by molar-refractivity contribution is 5.95. The summed E-state index contributed by atoms with van der Waals surface area (Å²) >= 11 is 0. The Morgan fingerprint density at radius 2 is 1.44 bits per heavy atom. The molecule has 4 atom stereocenters. The normalized spacial score (nSPS) is 22.8. The number of nitrogens with zero attached hydrogens (tertiary/aromatic N) is 3. The Morgan fingerprint density at radius 1 is 0.912 bits per heavy atom. The van der Waals surface area contributed by atoms with Gasteiger partial charge in [-0.25, -0.2) is 0 Å². The first-order valence-electron chi connectivity index (χ1n) is 12.6. The number of nitrogens with one attached hydrogen (secondary N) is 1. The molecule has 3 N–H and O–H groups in total. The van der Waals surface area contributed by atoms with Gasteiger partial charge in [0.05, 0.1) is 6.04 Å². The van der Waals surface area contributed by atoms with Gasteiger partial charge in [-0.3, -0.25) is 19.2 Å². The number of nitrogens with two attached hydrogens (primary N) is 1. The van der Waals surface area contributed by atoms with E-state index < -0.39 is 24.2 Å². The maximum Gasteiger partial charge on any atom is 0.246 e. The molecule has 0 aromatic heterocycles. The Hall–Kier alpha value is -2.16. The van der Waals surface area contributed by atoms with Crippen molar-refractivity contribution in [3.63, 3.8) is 0 Å². The van der Waals surface area contributed by atoms with Crippen LogP contribution in [0.5, 0.6) is 0 Å². The van der Waals surface area contributed by atoms with Gasteiger partial charge in [0.25, 0.3) is 0 Å². The molecule has 194 valence electrons. The molecule has 0 unspecified atom stereocenters. The third-order valence-corrected chi connectivity index (χ3v) is 6.81. The maximum absolute atomic E-state index is 13.7. The zero-order valence-electron chi connectivity index (χ0n) is 22.3. The molecule has 0 bridgehead atoms. The lowest BCUT2D eigenvalue weighted by Gasteiger charge is -2.38. The molecule has 0 aromatic rings. The Balaban J connectivity index is 2.21. The smallest absolute Gasteiger partial charge is 0.246 e. The van der Waals surface area contributed by atoms with Gasteiger partial charge in [-0.1, -0.05) is 27.7 Å². The number of hydrogen-bond acceptors (Lipinski definition) is 5. The number of carbonyl (C=O) groups is 4. The molecule has 0 spiro atoms. The lowest BCUT2D eigenvalue weighted by molar-refractivity contribution is -0.152. The van der Waals surface area contributed by atoms with Crippen LogP contribution in [0.4, 0.5) is 0 Å². The van der Waals surface area contributed by atoms with Gasteiger partial charge in [-0.15, -0.1) is 0 Å². The topological polar surface area (TPSA) is 116 Å². The number of rotatable bonds is 7. The molecule has 34 heavy (non-hydrogen) atoms. The van der Waals surface area contributed by atoms with Crippen molar-refractivity contribution in [1.82, 2.24) is 20.0 Å². The molecule has 2 heterocycles. The van der Waals surface area contributed by atoms with Crippen molar-refractivity contribution >= 4 is 23.6 Å². The van der Waals surface area contributed by atoms with Crippen LogP contribution < -0.4 is 11.1 Å². The van der Waals surface area contributed by atoms with Crippen LogP contribution in [0.1, 0.15) is 74.1 Å². The van der Waals surface area contributed by atoms with Crippen molar-refractivity contribution in [3.05, 3.63) is 0 Å². The lowest BCUT2D eigenvalue weighted by Crippen LogP contribution is -2.59. The van der Waals surface area contributed by atoms with Gasteiger partial charge in [-0.2, -0.15) is 0 Å². The lowest BCUT2D eigenvalue weighted by atomic mass is 9.97. The highest BCUT2D eigenvalue weighted by Gasteiger charge is 2.45. The third-order valence-electron chi connectivity index (χ3n) is 6.81. The summed E-state index contributed by atoms with van der Waals surface area (Å²) in [7, 11) is 1.62. The van der Waals surface area contributed by atoms with Crippen LogP contribution in [0.2, 0.25) is 0 Å². The average Bonchev–Trinajstić information content (AvgIpc) is 3.40. The highest BCUT2D eigenvalue weighted by Crippen LogP contribution is 2.27. The van der Waals surface area contributed by atoms with E-state index in [0.29, 0.717) is 32.4 Å². The number of carbonyl (C=O) groups excluding carboxylic acids is 4. The van der Waals surface area contributed by atoms with Crippen molar-refractivity contribution < 1.29 is 19.2 Å². The first kappa shape index (κ1) is 28.1. The van der Waals surface area contributed by atoms with Crippen LogP contribution in [-0.2, 0) is 19.2 Å². The molecule has 2 aliphatic heterocycles. The Morgan fingerprint density at radius 3 is 1.94 bits per heavy atom. The second kappa shape index (κ2) is 11.1. The summed E-state index contributed by atoms with van der Waals surface area (Å²) < 4.78 is 0. The van der Waals surface area contributed by atoms with Gasteiger partial charge < -0.3 is 25.8 Å². The van der Waals surface area contributed by atoms with Crippen LogP contribution in [0, 0.1) is 11.8 Å². The molecule has 0 radical (unpaired) electrons. The predicted octanol–water partition coefficient (Wildman–Crippen LogP) is 1.35. The average molecular weight is 480 g/mol. The van der Waals surface area contributed by atoms with Crippen LogP contribution in [0.15, 0.2) is 0 Å². The third kappa shape index (κ3) is 6.29. The quantitative estimate of drug-likeness (QED) is 0.572. The maximum atomic E-state index is 13.7. The summed E-state index contributed by atoms with van der Waals surface area (Å²) in [5.74, 6) is -1.02. The van der Waals surface area contributed by atoms with Crippen molar-refractivity contribution in [1.29, 1.82) is 0 Å². The van der Waals surface area contributed by atoms with Crippen molar-refractivity contribution in [2.45, 2.75) is 104 Å². The molecule has 2 saturated heterocycles. The standard InChI is InChI=1S/C25H45N5O4/c1-15(2)19(26)23(33)28(8)20(16(3)4)24(34)30-14-10-12-18(30)22(32)29-13-9-11-17(29)21(31)27-25(5,6)7/h15-20H,9-14,26H2,1-8H3,(H,27,31)/t17-,18-,19-,20-/m0/s1. The fourth-order valence-electron chi connectivity index (χ4n) is 4.96. The van der Waals surface area contributed by atoms with Crippen LogP contribution in [-0.4, -0.2) is 88.2 Å². The van der Waals surface area contributed by atoms with Crippen molar-refractivity contribution in [2.75, 3.05) is 20.1 Å². The van der Waals surface area contributed by atoms with Gasteiger partial charge in [0.1, 0.15) is 18.1 Å². The summed E-state index contributed by atoms with van der Waals surface area (Å²) in [5, 5.41) is 2.98. The highest BCUT2D eigenvalue weighted by atomic mass is 16.2. The van der Waals surface area contributed by atoms with E-state index in [4.69, 9.17) is 5.73 Å². The molecule has 0 aromatic carbocycles. The van der Waals surface area contributed by atoms with Gasteiger partial charge in [0, 0.05) is 25.7 Å². The van der Waals surface area contributed by atoms with E-state index in [0.717, 1.165) is 6.42 Å². The molecule has 9 nitrogen and oxygen atoms in total. The first-order chi connectivity index (χ1) is 15.7. The predicted molar refractivity (Wildman–Crippen MR) is 132 cm³/mol. The Kier molecular flexibility index (Phi) is 9.13. The summed E-state index contributed by atoms with van der Waals surface area (Å²) in [4.78, 5) is 57.8. The van der Waals surface area contributed by atoms with Gasteiger partial charge in [0.2, 0.25) is 23.6 Å². The summed E-state index contributed by atoms with van der Waals surface area (Å²) in [6, 6.07) is -2.52. The van der Waals surface area contributed by atoms with E-state index in [9.17, 15) is 19.2 Å². The van der Waals surface area contributed by atoms with E-state index in [-0.39, 0.29) is 41.0 Å². The minimum atomic E-state index is -0.704. The second-order valence-electron chi connectivity index (χ2n) is 11.5. The van der Waals surface area contributed by atoms with E-state index >= 15 is 0 Å². The number of likely N-dealkylation sites (N-methyl/N-ethyl adjacent to an activating group) is 1. The van der Waals surface area contributed by atoms with E-state index in [1.165, 1.54) is 4.90 Å². The van der Waals surface area contributed by atoms with Gasteiger partial charge >= 0.3 is 0 Å². The molecule has 2 fully saturated rings. The largest absolute Gasteiger partial charge is 0.350 e. The minimum absolute atomic E-state index is 0.0506. The summed E-state index contributed by atoms with van der Waals surface area (Å²) in [6.07, 6.45) is 2.65. The molecule has 0 saturated carbocycles. The van der Waals surface area contributed by atoms with Crippen molar-refractivity contribution in [2.24, 2.45) is 17.6 Å². The minimum Gasteiger partial charge on any atom is -0.350 e. The fourth-order valence-corrected chi connectivity index (χ4v) is 4.96. The molecule has 2 aliphatic rings. The van der Waals surface area contributed by atoms with E-state index in [1.54, 1.807) is 16.8 Å². The number of amides is 4. The van der Waals surface area contributed by atoms with Crippen molar-refractivity contribution in [3.8, 4) is 0 Å². The van der Waals surface area contributed by atoms with Crippen LogP contribution in [0.3, 0.4) is 0 Å². The summed E-state index contributed by atoms with van der Waals surface area (Å²) in [6.45, 7) is 14.3. The van der Waals surface area contributed by atoms with E-state index in [1.807, 2.05) is 48.5 Å². The molecular weight excluding hydrogens is 434 g/mol. The molecule has 0 aliphatic carbocycles.